The maximum absolute atomic E-state index is 11.3. The third-order valence-electron chi connectivity index (χ3n) is 1.48. The molecule has 0 aliphatic carbocycles. The minimum Gasteiger partial charge on any atom is -0.460 e. The molecule has 0 aliphatic heterocycles. The maximum atomic E-state index is 11.3. The van der Waals surface area contributed by atoms with Gasteiger partial charge in [-0.3, -0.25) is 0 Å². The molecule has 0 spiro atoms. The standard InChI is InChI=1S/C9H10ClNO3/c1-13-4-5-14-9(12)7-2-3-8(10)11-6-7/h2-3,6H,4-5H2,1H3. The van der Waals surface area contributed by atoms with Gasteiger partial charge in [0.15, 0.2) is 0 Å². The Morgan fingerprint density at radius 1 is 1.50 bits per heavy atom. The highest BCUT2D eigenvalue weighted by molar-refractivity contribution is 6.29. The van der Waals surface area contributed by atoms with Gasteiger partial charge in [0.1, 0.15) is 11.8 Å². The van der Waals surface area contributed by atoms with Gasteiger partial charge in [-0.2, -0.15) is 0 Å². The van der Waals surface area contributed by atoms with Gasteiger partial charge in [-0.05, 0) is 12.1 Å². The van der Waals surface area contributed by atoms with Crippen LogP contribution < -0.4 is 0 Å². The van der Waals surface area contributed by atoms with Crippen LogP contribution in [-0.4, -0.2) is 31.3 Å². The van der Waals surface area contributed by atoms with Gasteiger partial charge in [-0.15, -0.1) is 0 Å². The molecule has 5 heteroatoms. The van der Waals surface area contributed by atoms with Crippen LogP contribution in [0.5, 0.6) is 0 Å². The molecule has 0 unspecified atom stereocenters. The van der Waals surface area contributed by atoms with Crippen LogP contribution in [0, 0.1) is 0 Å². The zero-order chi connectivity index (χ0) is 10.4. The maximum Gasteiger partial charge on any atom is 0.339 e. The van der Waals surface area contributed by atoms with Gasteiger partial charge in [0.05, 0.1) is 12.2 Å². The summed E-state index contributed by atoms with van der Waals surface area (Å²) >= 11 is 5.56. The summed E-state index contributed by atoms with van der Waals surface area (Å²) in [6.45, 7) is 0.616. The number of pyridine rings is 1. The highest BCUT2D eigenvalue weighted by atomic mass is 35.5. The monoisotopic (exact) mass is 215 g/mol. The van der Waals surface area contributed by atoms with Crippen LogP contribution in [0.3, 0.4) is 0 Å². The molecule has 0 saturated heterocycles. The number of nitrogens with zero attached hydrogens (tertiary/aromatic N) is 1. The molecule has 1 aromatic heterocycles. The van der Waals surface area contributed by atoms with E-state index in [1.807, 2.05) is 0 Å². The Morgan fingerprint density at radius 3 is 2.86 bits per heavy atom. The first-order valence-electron chi connectivity index (χ1n) is 4.01. The van der Waals surface area contributed by atoms with Crippen molar-refractivity contribution < 1.29 is 14.3 Å². The average molecular weight is 216 g/mol. The van der Waals surface area contributed by atoms with Crippen LogP contribution in [0.1, 0.15) is 10.4 Å². The largest absolute Gasteiger partial charge is 0.460 e. The lowest BCUT2D eigenvalue weighted by molar-refractivity contribution is 0.0387. The molecule has 0 amide bonds. The van der Waals surface area contributed by atoms with Crippen molar-refractivity contribution in [2.45, 2.75) is 0 Å². The fraction of sp³-hybridized carbons (Fsp3) is 0.333. The number of methoxy groups -OCH3 is 1. The fourth-order valence-electron chi connectivity index (χ4n) is 0.798. The van der Waals surface area contributed by atoms with Crippen LogP contribution >= 0.6 is 11.6 Å². The molecule has 0 N–H and O–H groups in total. The lowest BCUT2D eigenvalue weighted by Gasteiger charge is -2.03. The molecule has 0 aliphatic rings. The first-order chi connectivity index (χ1) is 6.74. The first-order valence-corrected chi connectivity index (χ1v) is 4.39. The van der Waals surface area contributed by atoms with Crippen LogP contribution in [0.25, 0.3) is 0 Å². The van der Waals surface area contributed by atoms with Crippen LogP contribution in [-0.2, 0) is 9.47 Å². The molecule has 1 rings (SSSR count). The van der Waals surface area contributed by atoms with E-state index in [0.717, 1.165) is 0 Å². The van der Waals surface area contributed by atoms with Crippen molar-refractivity contribution in [2.75, 3.05) is 20.3 Å². The summed E-state index contributed by atoms with van der Waals surface area (Å²) in [5.41, 5.74) is 0.380. The summed E-state index contributed by atoms with van der Waals surface area (Å²) in [7, 11) is 1.54. The number of hydrogen-bond acceptors (Lipinski definition) is 4. The second kappa shape index (κ2) is 5.57. The lowest BCUT2D eigenvalue weighted by Crippen LogP contribution is -2.09. The van der Waals surface area contributed by atoms with Crippen molar-refractivity contribution in [3.63, 3.8) is 0 Å². The van der Waals surface area contributed by atoms with Gasteiger partial charge in [0.2, 0.25) is 0 Å². The molecule has 0 aromatic carbocycles. The van der Waals surface area contributed by atoms with Gasteiger partial charge in [0, 0.05) is 13.3 Å². The number of halogens is 1. The van der Waals surface area contributed by atoms with Gasteiger partial charge in [-0.25, -0.2) is 9.78 Å². The van der Waals surface area contributed by atoms with Crippen molar-refractivity contribution in [1.29, 1.82) is 0 Å². The molecule has 1 heterocycles. The molecule has 0 saturated carbocycles. The van der Waals surface area contributed by atoms with E-state index in [4.69, 9.17) is 21.1 Å². The Kier molecular flexibility index (Phi) is 4.35. The summed E-state index contributed by atoms with van der Waals surface area (Å²) in [5, 5.41) is 0.346. The molecule has 14 heavy (non-hydrogen) atoms. The van der Waals surface area contributed by atoms with Gasteiger partial charge in [0.25, 0.3) is 0 Å². The Labute approximate surface area is 86.8 Å². The first kappa shape index (κ1) is 10.9. The minimum absolute atomic E-state index is 0.234. The number of hydrogen-bond donors (Lipinski definition) is 0. The molecule has 0 bridgehead atoms. The molecular formula is C9H10ClNO3. The highest BCUT2D eigenvalue weighted by Crippen LogP contribution is 2.06. The predicted octanol–water partition coefficient (Wildman–Crippen LogP) is 1.54. The fourth-order valence-corrected chi connectivity index (χ4v) is 0.909. The van der Waals surface area contributed by atoms with E-state index in [1.165, 1.54) is 19.4 Å². The summed E-state index contributed by atoms with van der Waals surface area (Å²) < 4.78 is 9.59. The number of ether oxygens (including phenoxy) is 2. The number of rotatable bonds is 4. The zero-order valence-electron chi connectivity index (χ0n) is 7.70. The molecule has 0 fully saturated rings. The highest BCUT2D eigenvalue weighted by Gasteiger charge is 2.06. The quantitative estimate of drug-likeness (QED) is 0.434. The van der Waals surface area contributed by atoms with Gasteiger partial charge in [-0.1, -0.05) is 11.6 Å². The average Bonchev–Trinajstić information content (AvgIpc) is 2.19. The molecule has 0 radical (unpaired) electrons. The lowest BCUT2D eigenvalue weighted by atomic mass is 10.3. The van der Waals surface area contributed by atoms with E-state index >= 15 is 0 Å². The van der Waals surface area contributed by atoms with Crippen molar-refractivity contribution >= 4 is 17.6 Å². The van der Waals surface area contributed by atoms with Crippen molar-refractivity contribution in [3.8, 4) is 0 Å². The zero-order valence-corrected chi connectivity index (χ0v) is 8.45. The third-order valence-corrected chi connectivity index (χ3v) is 1.71. The Bertz CT molecular complexity index is 299. The van der Waals surface area contributed by atoms with E-state index in [0.29, 0.717) is 17.3 Å². The van der Waals surface area contributed by atoms with E-state index in [-0.39, 0.29) is 6.61 Å². The Balaban J connectivity index is 2.48. The minimum atomic E-state index is -0.425. The number of carbonyl (C=O) groups excluding carboxylic acids is 1. The van der Waals surface area contributed by atoms with E-state index in [1.54, 1.807) is 6.07 Å². The second-order valence-corrected chi connectivity index (χ2v) is 2.89. The summed E-state index contributed by atoms with van der Waals surface area (Å²) in [6.07, 6.45) is 1.37. The summed E-state index contributed by atoms with van der Waals surface area (Å²) in [6, 6.07) is 3.10. The van der Waals surface area contributed by atoms with Crippen molar-refractivity contribution in [2.24, 2.45) is 0 Å². The number of esters is 1. The molecule has 4 nitrogen and oxygen atoms in total. The Hall–Kier alpha value is -1.13. The molecule has 0 atom stereocenters. The number of carbonyl (C=O) groups is 1. The normalized spacial score (nSPS) is 9.86. The third kappa shape index (κ3) is 3.32. The van der Waals surface area contributed by atoms with Crippen LogP contribution in [0.2, 0.25) is 5.15 Å². The number of aromatic nitrogens is 1. The van der Waals surface area contributed by atoms with Crippen LogP contribution in [0.15, 0.2) is 18.3 Å². The topological polar surface area (TPSA) is 48.4 Å². The smallest absolute Gasteiger partial charge is 0.339 e. The van der Waals surface area contributed by atoms with E-state index in [2.05, 4.69) is 4.98 Å². The van der Waals surface area contributed by atoms with E-state index < -0.39 is 5.97 Å². The van der Waals surface area contributed by atoms with E-state index in [9.17, 15) is 4.79 Å². The summed E-state index contributed by atoms with van der Waals surface area (Å²) in [5.74, 6) is -0.425. The van der Waals surface area contributed by atoms with Crippen LogP contribution in [0.4, 0.5) is 0 Å². The van der Waals surface area contributed by atoms with Gasteiger partial charge < -0.3 is 9.47 Å². The predicted molar refractivity (Wildman–Crippen MR) is 51.4 cm³/mol. The van der Waals surface area contributed by atoms with Gasteiger partial charge >= 0.3 is 5.97 Å². The van der Waals surface area contributed by atoms with Crippen molar-refractivity contribution in [3.05, 3.63) is 29.0 Å². The van der Waals surface area contributed by atoms with Crippen molar-refractivity contribution in [1.82, 2.24) is 4.98 Å². The Morgan fingerprint density at radius 2 is 2.29 bits per heavy atom. The second-order valence-electron chi connectivity index (χ2n) is 2.50. The molecular weight excluding hydrogens is 206 g/mol. The molecule has 1 aromatic rings. The summed E-state index contributed by atoms with van der Waals surface area (Å²) in [4.78, 5) is 15.0. The SMILES string of the molecule is COCCOC(=O)c1ccc(Cl)nc1. The molecule has 76 valence electrons.